The van der Waals surface area contributed by atoms with Crippen molar-refractivity contribution in [2.75, 3.05) is 0 Å². The van der Waals surface area contributed by atoms with Gasteiger partial charge in [-0.05, 0) is 44.6 Å². The summed E-state index contributed by atoms with van der Waals surface area (Å²) in [5.74, 6) is 0. The van der Waals surface area contributed by atoms with Crippen molar-refractivity contribution < 1.29 is 12.7 Å². The summed E-state index contributed by atoms with van der Waals surface area (Å²) in [4.78, 5) is 0. The maximum atomic E-state index is 4.70. The van der Waals surface area contributed by atoms with Crippen molar-refractivity contribution in [2.24, 2.45) is 0 Å². The normalized spacial score (nSPS) is 10.5. The van der Waals surface area contributed by atoms with E-state index in [1.165, 1.54) is 32.6 Å². The summed E-state index contributed by atoms with van der Waals surface area (Å²) in [6.07, 6.45) is 0. The average molecular weight is 434 g/mol. The second-order valence-electron chi connectivity index (χ2n) is 5.89. The Morgan fingerprint density at radius 3 is 0.920 bits per heavy atom. The SMILES string of the molecule is Cc1ccc(P(c2ccc(C)cc2)c2ccc(C)cc2)cc1.[Cl][Ni][Cl]. The van der Waals surface area contributed by atoms with Gasteiger partial charge in [0.1, 0.15) is 0 Å². The monoisotopic (exact) mass is 432 g/mol. The fraction of sp³-hybridized carbons (Fsp3) is 0.143. The standard InChI is InChI=1S/C21H21P.2ClH.Ni/c1-16-4-10-19(11-5-16)22(20-12-6-17(2)7-13-20)21-14-8-18(3)9-15-21;;;/h4-15H,1-3H3;2*1H;/q;;;+2/p-2. The summed E-state index contributed by atoms with van der Waals surface area (Å²) in [6.45, 7) is 6.43. The number of hydrogen-bond donors (Lipinski definition) is 0. The Hall–Kier alpha value is -0.836. The zero-order valence-electron chi connectivity index (χ0n) is 14.4. The molecule has 0 aliphatic carbocycles. The Morgan fingerprint density at radius 2 is 0.720 bits per heavy atom. The van der Waals surface area contributed by atoms with Crippen LogP contribution in [0.2, 0.25) is 0 Å². The molecule has 0 aliphatic heterocycles. The van der Waals surface area contributed by atoms with E-state index in [1.807, 2.05) is 0 Å². The van der Waals surface area contributed by atoms with Crippen LogP contribution in [0, 0.1) is 20.8 Å². The maximum absolute atomic E-state index is 4.70. The van der Waals surface area contributed by atoms with Crippen molar-refractivity contribution in [1.82, 2.24) is 0 Å². The van der Waals surface area contributed by atoms with Crippen LogP contribution in [0.1, 0.15) is 16.7 Å². The van der Waals surface area contributed by atoms with Gasteiger partial charge in [-0.3, -0.25) is 0 Å². The first-order valence-corrected chi connectivity index (χ1v) is 11.9. The molecule has 0 saturated heterocycles. The second kappa shape index (κ2) is 10.3. The van der Waals surface area contributed by atoms with Gasteiger partial charge in [-0.15, -0.1) is 0 Å². The number of aryl methyl sites for hydroxylation is 3. The third-order valence-electron chi connectivity index (χ3n) is 3.88. The molecule has 0 unspecified atom stereocenters. The van der Waals surface area contributed by atoms with Crippen LogP contribution in [0.25, 0.3) is 0 Å². The van der Waals surface area contributed by atoms with E-state index in [-0.39, 0.29) is 0 Å². The van der Waals surface area contributed by atoms with Crippen LogP contribution in [0.4, 0.5) is 0 Å². The molecule has 0 nitrogen and oxygen atoms in total. The van der Waals surface area contributed by atoms with E-state index in [4.69, 9.17) is 20.4 Å². The number of benzene rings is 3. The molecule has 0 radical (unpaired) electrons. The minimum absolute atomic E-state index is 0.483. The Kier molecular flexibility index (Phi) is 8.47. The summed E-state index contributed by atoms with van der Waals surface area (Å²) in [5.41, 5.74) is 3.93. The Bertz CT molecular complexity index is 660. The number of halogens is 2. The van der Waals surface area contributed by atoms with Gasteiger partial charge in [-0.25, -0.2) is 0 Å². The van der Waals surface area contributed by atoms with Crippen molar-refractivity contribution in [3.8, 4) is 0 Å². The Balaban J connectivity index is 0.000000701. The van der Waals surface area contributed by atoms with E-state index >= 15 is 0 Å². The molecule has 4 heteroatoms. The van der Waals surface area contributed by atoms with Crippen molar-refractivity contribution in [1.29, 1.82) is 0 Å². The zero-order chi connectivity index (χ0) is 18.2. The molecule has 0 bridgehead atoms. The molecule has 0 spiro atoms. The quantitative estimate of drug-likeness (QED) is 0.364. The van der Waals surface area contributed by atoms with Crippen LogP contribution in [0.3, 0.4) is 0 Å². The van der Waals surface area contributed by atoms with E-state index in [9.17, 15) is 0 Å². The summed E-state index contributed by atoms with van der Waals surface area (Å²) < 4.78 is 0. The molecule has 0 heterocycles. The Morgan fingerprint density at radius 1 is 0.520 bits per heavy atom. The first kappa shape index (κ1) is 20.5. The first-order chi connectivity index (χ1) is 12.0. The van der Waals surface area contributed by atoms with E-state index in [1.54, 1.807) is 0 Å². The van der Waals surface area contributed by atoms with Crippen LogP contribution in [-0.2, 0) is 12.7 Å². The third-order valence-corrected chi connectivity index (χ3v) is 6.32. The average Bonchev–Trinajstić information content (AvgIpc) is 2.61. The van der Waals surface area contributed by atoms with Crippen molar-refractivity contribution in [2.45, 2.75) is 20.8 Å². The summed E-state index contributed by atoms with van der Waals surface area (Å²) in [7, 11) is 8.92. The molecule has 134 valence electrons. The molecule has 3 aromatic carbocycles. The summed E-state index contributed by atoms with van der Waals surface area (Å²) >= 11 is 0.569. The molecule has 0 aromatic heterocycles. The third kappa shape index (κ3) is 6.12. The van der Waals surface area contributed by atoms with Crippen LogP contribution >= 0.6 is 28.3 Å². The van der Waals surface area contributed by atoms with Crippen molar-refractivity contribution in [3.05, 3.63) is 89.5 Å². The van der Waals surface area contributed by atoms with E-state index in [2.05, 4.69) is 93.6 Å². The fourth-order valence-corrected chi connectivity index (χ4v) is 4.76. The van der Waals surface area contributed by atoms with Gasteiger partial charge in [0.15, 0.2) is 0 Å². The topological polar surface area (TPSA) is 0 Å². The first-order valence-electron chi connectivity index (χ1n) is 7.87. The molecule has 0 N–H and O–H groups in total. The van der Waals surface area contributed by atoms with Gasteiger partial charge in [0.25, 0.3) is 0 Å². The number of rotatable bonds is 3. The van der Waals surface area contributed by atoms with Crippen LogP contribution in [0.15, 0.2) is 72.8 Å². The molecular weight excluding hydrogens is 413 g/mol. The van der Waals surface area contributed by atoms with Crippen LogP contribution < -0.4 is 15.9 Å². The zero-order valence-corrected chi connectivity index (χ0v) is 17.8. The van der Waals surface area contributed by atoms with E-state index in [0.717, 1.165) is 0 Å². The van der Waals surface area contributed by atoms with E-state index in [0.29, 0.717) is 12.7 Å². The van der Waals surface area contributed by atoms with Gasteiger partial charge in [0, 0.05) is 0 Å². The molecule has 0 fully saturated rings. The summed E-state index contributed by atoms with van der Waals surface area (Å²) in [6, 6.07) is 27.0. The molecular formula is C21H21Cl2NiP. The predicted molar refractivity (Wildman–Crippen MR) is 111 cm³/mol. The second-order valence-corrected chi connectivity index (χ2v) is 9.74. The van der Waals surface area contributed by atoms with E-state index < -0.39 is 7.92 Å². The molecule has 3 rings (SSSR count). The van der Waals surface area contributed by atoms with Gasteiger partial charge < -0.3 is 0 Å². The molecule has 0 saturated carbocycles. The van der Waals surface area contributed by atoms with Gasteiger partial charge >= 0.3 is 33.0 Å². The molecule has 0 aliphatic rings. The molecule has 0 amide bonds. The van der Waals surface area contributed by atoms with Crippen molar-refractivity contribution in [3.63, 3.8) is 0 Å². The molecule has 0 atom stereocenters. The van der Waals surface area contributed by atoms with Gasteiger partial charge in [-0.1, -0.05) is 89.5 Å². The van der Waals surface area contributed by atoms with Gasteiger partial charge in [0.2, 0.25) is 0 Å². The van der Waals surface area contributed by atoms with Crippen molar-refractivity contribution >= 4 is 44.2 Å². The Labute approximate surface area is 166 Å². The van der Waals surface area contributed by atoms with Gasteiger partial charge in [0.05, 0.1) is 0 Å². The fourth-order valence-electron chi connectivity index (χ4n) is 2.53. The minimum atomic E-state index is -0.483. The van der Waals surface area contributed by atoms with Crippen LogP contribution in [-0.4, -0.2) is 0 Å². The molecule has 3 aromatic rings. The summed E-state index contributed by atoms with van der Waals surface area (Å²) in [5, 5.41) is 4.23. The predicted octanol–water partition coefficient (Wildman–Crippen LogP) is 5.75. The molecule has 25 heavy (non-hydrogen) atoms. The van der Waals surface area contributed by atoms with Crippen LogP contribution in [0.5, 0.6) is 0 Å². The van der Waals surface area contributed by atoms with Gasteiger partial charge in [-0.2, -0.15) is 0 Å². The number of hydrogen-bond acceptors (Lipinski definition) is 0.